The van der Waals surface area contributed by atoms with E-state index in [9.17, 15) is 13.2 Å². The molecule has 2 aromatic carbocycles. The highest BCUT2D eigenvalue weighted by Gasteiger charge is 2.15. The molecule has 0 bridgehead atoms. The normalized spacial score (nSPS) is 10.9. The minimum absolute atomic E-state index is 0.0875. The lowest BCUT2D eigenvalue weighted by Crippen LogP contribution is -2.09. The van der Waals surface area contributed by atoms with Crippen molar-refractivity contribution in [1.29, 1.82) is 0 Å². The smallest absolute Gasteiger partial charge is 0.339 e. The van der Waals surface area contributed by atoms with Crippen LogP contribution in [0.15, 0.2) is 59.5 Å². The van der Waals surface area contributed by atoms with E-state index >= 15 is 0 Å². The first-order chi connectivity index (χ1) is 8.62. The first-order valence-electron chi connectivity index (χ1n) is 5.16. The zero-order chi connectivity index (χ0) is 13.0. The molecule has 0 aliphatic rings. The van der Waals surface area contributed by atoms with Gasteiger partial charge in [0.05, 0.1) is 0 Å². The Kier molecular flexibility index (Phi) is 3.43. The second-order valence-corrected chi connectivity index (χ2v) is 5.08. The summed E-state index contributed by atoms with van der Waals surface area (Å²) in [4.78, 5) is 10.6. The molecule has 0 fully saturated rings. The number of aldehydes is 1. The molecular formula is C13H10O4S. The second-order valence-electron chi connectivity index (χ2n) is 3.54. The molecule has 92 valence electrons. The fraction of sp³-hybridized carbons (Fsp3) is 0. The van der Waals surface area contributed by atoms with E-state index in [0.29, 0.717) is 11.8 Å². The quantitative estimate of drug-likeness (QED) is 0.626. The Bertz CT molecular complexity index is 630. The number of rotatable bonds is 4. The van der Waals surface area contributed by atoms with Gasteiger partial charge in [0.1, 0.15) is 16.9 Å². The summed E-state index contributed by atoms with van der Waals surface area (Å²) in [7, 11) is -3.82. The fourth-order valence-corrected chi connectivity index (χ4v) is 2.32. The van der Waals surface area contributed by atoms with Gasteiger partial charge in [0.15, 0.2) is 0 Å². The standard InChI is InChI=1S/C13H10O4S/c14-10-11-6-8-12(9-7-11)17-18(15,16)13-4-2-1-3-5-13/h1-10H. The van der Waals surface area contributed by atoms with Crippen LogP contribution in [-0.2, 0) is 10.1 Å². The summed E-state index contributed by atoms with van der Waals surface area (Å²) in [5.41, 5.74) is 0.458. The third-order valence-corrected chi connectivity index (χ3v) is 3.52. The molecule has 0 amide bonds. The summed E-state index contributed by atoms with van der Waals surface area (Å²) >= 11 is 0. The Labute approximate surface area is 105 Å². The lowest BCUT2D eigenvalue weighted by atomic mass is 10.2. The van der Waals surface area contributed by atoms with Gasteiger partial charge in [-0.2, -0.15) is 8.42 Å². The van der Waals surface area contributed by atoms with Gasteiger partial charge in [-0.25, -0.2) is 0 Å². The van der Waals surface area contributed by atoms with E-state index in [1.807, 2.05) is 0 Å². The molecule has 0 N–H and O–H groups in total. The van der Waals surface area contributed by atoms with Crippen LogP contribution in [-0.4, -0.2) is 14.7 Å². The Morgan fingerprint density at radius 2 is 1.50 bits per heavy atom. The van der Waals surface area contributed by atoms with Gasteiger partial charge in [-0.05, 0) is 36.4 Å². The molecule has 0 heterocycles. The third kappa shape index (κ3) is 2.75. The fourth-order valence-electron chi connectivity index (χ4n) is 1.36. The van der Waals surface area contributed by atoms with Crippen molar-refractivity contribution in [3.63, 3.8) is 0 Å². The van der Waals surface area contributed by atoms with E-state index < -0.39 is 10.1 Å². The Hall–Kier alpha value is -2.14. The number of benzene rings is 2. The summed E-state index contributed by atoms with van der Waals surface area (Å²) in [6.45, 7) is 0. The summed E-state index contributed by atoms with van der Waals surface area (Å²) in [6.07, 6.45) is 0.676. The molecule has 0 radical (unpaired) electrons. The number of carbonyl (C=O) groups excluding carboxylic acids is 1. The molecule has 0 saturated carbocycles. The van der Waals surface area contributed by atoms with Crippen LogP contribution in [0.5, 0.6) is 5.75 Å². The maximum atomic E-state index is 11.9. The number of hydrogen-bond acceptors (Lipinski definition) is 4. The number of hydrogen-bond donors (Lipinski definition) is 0. The predicted molar refractivity (Wildman–Crippen MR) is 66.1 cm³/mol. The molecule has 4 nitrogen and oxygen atoms in total. The lowest BCUT2D eigenvalue weighted by Gasteiger charge is -2.06. The minimum Gasteiger partial charge on any atom is -0.379 e. The van der Waals surface area contributed by atoms with E-state index in [0.717, 1.165) is 0 Å². The molecule has 18 heavy (non-hydrogen) atoms. The molecule has 0 spiro atoms. The van der Waals surface area contributed by atoms with Crippen LogP contribution in [0.1, 0.15) is 10.4 Å². The van der Waals surface area contributed by atoms with Crippen LogP contribution >= 0.6 is 0 Å². The minimum atomic E-state index is -3.82. The molecule has 0 atom stereocenters. The first kappa shape index (κ1) is 12.3. The zero-order valence-electron chi connectivity index (χ0n) is 9.31. The van der Waals surface area contributed by atoms with E-state index in [1.54, 1.807) is 18.2 Å². The van der Waals surface area contributed by atoms with E-state index in [-0.39, 0.29) is 10.6 Å². The third-order valence-electron chi connectivity index (χ3n) is 2.25. The van der Waals surface area contributed by atoms with Gasteiger partial charge in [-0.3, -0.25) is 4.79 Å². The molecule has 2 aromatic rings. The maximum Gasteiger partial charge on any atom is 0.339 e. The van der Waals surface area contributed by atoms with Crippen molar-refractivity contribution in [2.24, 2.45) is 0 Å². The SMILES string of the molecule is O=Cc1ccc(OS(=O)(=O)c2ccccc2)cc1. The highest BCUT2D eigenvalue weighted by atomic mass is 32.2. The highest BCUT2D eigenvalue weighted by Crippen LogP contribution is 2.18. The monoisotopic (exact) mass is 262 g/mol. The van der Waals surface area contributed by atoms with Crippen LogP contribution in [0, 0.1) is 0 Å². The molecule has 2 rings (SSSR count). The van der Waals surface area contributed by atoms with Gasteiger partial charge in [0.2, 0.25) is 0 Å². The van der Waals surface area contributed by atoms with Crippen molar-refractivity contribution >= 4 is 16.4 Å². The molecule has 0 unspecified atom stereocenters. The van der Waals surface area contributed by atoms with Crippen LogP contribution < -0.4 is 4.18 Å². The van der Waals surface area contributed by atoms with Gasteiger partial charge in [0.25, 0.3) is 0 Å². The largest absolute Gasteiger partial charge is 0.379 e. The van der Waals surface area contributed by atoms with Crippen molar-refractivity contribution in [1.82, 2.24) is 0 Å². The van der Waals surface area contributed by atoms with Crippen molar-refractivity contribution in [3.05, 3.63) is 60.2 Å². The topological polar surface area (TPSA) is 60.4 Å². The Morgan fingerprint density at radius 1 is 0.889 bits per heavy atom. The van der Waals surface area contributed by atoms with Crippen LogP contribution in [0.3, 0.4) is 0 Å². The van der Waals surface area contributed by atoms with Crippen molar-refractivity contribution < 1.29 is 17.4 Å². The van der Waals surface area contributed by atoms with E-state index in [4.69, 9.17) is 4.18 Å². The Balaban J connectivity index is 2.25. The average Bonchev–Trinajstić information content (AvgIpc) is 2.40. The van der Waals surface area contributed by atoms with Gasteiger partial charge in [-0.1, -0.05) is 18.2 Å². The van der Waals surface area contributed by atoms with Crippen LogP contribution in [0.4, 0.5) is 0 Å². The first-order valence-corrected chi connectivity index (χ1v) is 6.57. The molecule has 0 aliphatic heterocycles. The second kappa shape index (κ2) is 5.01. The maximum absolute atomic E-state index is 11.9. The summed E-state index contributed by atoms with van der Waals surface area (Å²) < 4.78 is 28.7. The lowest BCUT2D eigenvalue weighted by molar-refractivity contribution is 0.112. The molecule has 0 saturated heterocycles. The zero-order valence-corrected chi connectivity index (χ0v) is 10.1. The van der Waals surface area contributed by atoms with Crippen LogP contribution in [0.2, 0.25) is 0 Å². The van der Waals surface area contributed by atoms with Gasteiger partial charge < -0.3 is 4.18 Å². The van der Waals surface area contributed by atoms with E-state index in [2.05, 4.69) is 0 Å². The average molecular weight is 262 g/mol. The molecule has 0 aromatic heterocycles. The number of carbonyl (C=O) groups is 1. The van der Waals surface area contributed by atoms with E-state index in [1.165, 1.54) is 36.4 Å². The van der Waals surface area contributed by atoms with Crippen molar-refractivity contribution in [2.75, 3.05) is 0 Å². The molecule has 5 heteroatoms. The molecular weight excluding hydrogens is 252 g/mol. The molecule has 0 aliphatic carbocycles. The summed E-state index contributed by atoms with van der Waals surface area (Å²) in [5, 5.41) is 0. The Morgan fingerprint density at radius 3 is 2.06 bits per heavy atom. The summed E-state index contributed by atoms with van der Waals surface area (Å²) in [5.74, 6) is 0.171. The highest BCUT2D eigenvalue weighted by molar-refractivity contribution is 7.87. The van der Waals surface area contributed by atoms with Gasteiger partial charge in [0, 0.05) is 5.56 Å². The predicted octanol–water partition coefficient (Wildman–Crippen LogP) is 2.27. The van der Waals surface area contributed by atoms with Gasteiger partial charge >= 0.3 is 10.1 Å². The van der Waals surface area contributed by atoms with Crippen LogP contribution in [0.25, 0.3) is 0 Å². The summed E-state index contributed by atoms with van der Waals surface area (Å²) in [6, 6.07) is 13.7. The van der Waals surface area contributed by atoms with Gasteiger partial charge in [-0.15, -0.1) is 0 Å². The van der Waals surface area contributed by atoms with Crippen molar-refractivity contribution in [3.8, 4) is 5.75 Å². The van der Waals surface area contributed by atoms with Crippen molar-refractivity contribution in [2.45, 2.75) is 4.90 Å².